The smallest absolute Gasteiger partial charge is 0.341 e. The van der Waals surface area contributed by atoms with E-state index in [2.05, 4.69) is 22.5 Å². The molecular weight excluding hydrogens is 410 g/mol. The molecule has 2 aromatic carbocycles. The topological polar surface area (TPSA) is 68.5 Å². The normalized spacial score (nSPS) is 10.4. The fourth-order valence-electron chi connectivity index (χ4n) is 2.54. The molecule has 27 heavy (non-hydrogen) atoms. The number of benzene rings is 2. The monoisotopic (exact) mass is 425 g/mol. The van der Waals surface area contributed by atoms with Crippen molar-refractivity contribution in [1.29, 1.82) is 0 Å². The number of halogens is 1. The van der Waals surface area contributed by atoms with Crippen LogP contribution in [0.3, 0.4) is 0 Å². The summed E-state index contributed by atoms with van der Waals surface area (Å²) in [7, 11) is 0. The van der Waals surface area contributed by atoms with Crippen LogP contribution in [0.4, 0.5) is 0 Å². The van der Waals surface area contributed by atoms with E-state index in [0.29, 0.717) is 23.6 Å². The summed E-state index contributed by atoms with van der Waals surface area (Å²) in [5.41, 5.74) is 1.32. The van der Waals surface area contributed by atoms with Gasteiger partial charge in [-0.15, -0.1) is 0 Å². The van der Waals surface area contributed by atoms with Crippen molar-refractivity contribution in [3.63, 3.8) is 0 Å². The van der Waals surface area contributed by atoms with Crippen LogP contribution in [0.25, 0.3) is 5.70 Å². The number of carboxylic acids is 1. The highest BCUT2D eigenvalue weighted by Gasteiger charge is 2.13. The number of carbonyl (C=O) groups is 1. The lowest BCUT2D eigenvalue weighted by Crippen LogP contribution is -2.16. The third kappa shape index (κ3) is 4.35. The van der Waals surface area contributed by atoms with E-state index in [1.165, 1.54) is 23.0 Å². The zero-order valence-corrected chi connectivity index (χ0v) is 15.8. The first-order valence-electron chi connectivity index (χ1n) is 8.07. The molecule has 0 radical (unpaired) electrons. The highest BCUT2D eigenvalue weighted by Crippen LogP contribution is 2.30. The molecule has 0 aliphatic heterocycles. The fraction of sp³-hybridized carbons (Fsp3) is 0.0476. The summed E-state index contributed by atoms with van der Waals surface area (Å²) in [5.74, 6) is -0.681. The summed E-state index contributed by atoms with van der Waals surface area (Å²) >= 11 is 3.43. The molecule has 3 rings (SSSR count). The summed E-state index contributed by atoms with van der Waals surface area (Å²) in [6.45, 7) is 4.43. The maximum atomic E-state index is 11.7. The van der Waals surface area contributed by atoms with Crippen LogP contribution in [0, 0.1) is 0 Å². The fourth-order valence-corrected chi connectivity index (χ4v) is 2.90. The molecule has 3 aromatic rings. The van der Waals surface area contributed by atoms with E-state index in [4.69, 9.17) is 4.74 Å². The molecule has 1 heterocycles. The van der Waals surface area contributed by atoms with Gasteiger partial charge in [0.05, 0.1) is 0 Å². The highest BCUT2D eigenvalue weighted by molar-refractivity contribution is 9.10. The largest absolute Gasteiger partial charge is 0.488 e. The quantitative estimate of drug-likeness (QED) is 0.634. The number of ether oxygens (including phenoxy) is 1. The van der Waals surface area contributed by atoms with Crippen molar-refractivity contribution in [3.8, 4) is 5.75 Å². The van der Waals surface area contributed by atoms with Crippen molar-refractivity contribution in [2.24, 2.45) is 0 Å². The van der Waals surface area contributed by atoms with Crippen molar-refractivity contribution in [2.45, 2.75) is 6.61 Å². The summed E-state index contributed by atoms with van der Waals surface area (Å²) in [5, 5.41) is 9.18. The lowest BCUT2D eigenvalue weighted by Gasteiger charge is -2.16. The standard InChI is InChI=1S/C21H16BrNO4/c1-14(23-10-9-19(24)18(12-23)21(25)26)17-11-16(22)7-8-20(17)27-13-15-5-3-2-4-6-15/h2-12H,1,13H2,(H,25,26). The predicted octanol–water partition coefficient (Wildman–Crippen LogP) is 4.41. The maximum Gasteiger partial charge on any atom is 0.341 e. The minimum atomic E-state index is -1.28. The first-order chi connectivity index (χ1) is 13.0. The van der Waals surface area contributed by atoms with Gasteiger partial charge in [0.2, 0.25) is 0 Å². The number of pyridine rings is 1. The molecule has 0 unspecified atom stereocenters. The molecule has 5 nitrogen and oxygen atoms in total. The van der Waals surface area contributed by atoms with Crippen LogP contribution in [0.15, 0.2) is 82.8 Å². The Morgan fingerprint density at radius 2 is 1.85 bits per heavy atom. The SMILES string of the molecule is C=C(c1cc(Br)ccc1OCc1ccccc1)n1ccc(=O)c(C(=O)O)c1. The van der Waals surface area contributed by atoms with Gasteiger partial charge in [-0.2, -0.15) is 0 Å². The average Bonchev–Trinajstić information content (AvgIpc) is 2.67. The Labute approximate surface area is 164 Å². The molecule has 6 heteroatoms. The lowest BCUT2D eigenvalue weighted by molar-refractivity contribution is 0.0695. The van der Waals surface area contributed by atoms with E-state index in [9.17, 15) is 14.7 Å². The average molecular weight is 426 g/mol. The van der Waals surface area contributed by atoms with E-state index in [1.807, 2.05) is 48.5 Å². The van der Waals surface area contributed by atoms with Gasteiger partial charge in [0.1, 0.15) is 17.9 Å². The molecular formula is C21H16BrNO4. The number of nitrogens with zero attached hydrogens (tertiary/aromatic N) is 1. The lowest BCUT2D eigenvalue weighted by atomic mass is 10.1. The van der Waals surface area contributed by atoms with Gasteiger partial charge in [-0.3, -0.25) is 4.79 Å². The minimum absolute atomic E-state index is 0.319. The van der Waals surface area contributed by atoms with Crippen molar-refractivity contribution >= 4 is 27.6 Å². The molecule has 136 valence electrons. The van der Waals surface area contributed by atoms with E-state index < -0.39 is 11.4 Å². The van der Waals surface area contributed by atoms with Crippen LogP contribution < -0.4 is 10.2 Å². The molecule has 0 fully saturated rings. The van der Waals surface area contributed by atoms with Gasteiger partial charge in [-0.05, 0) is 23.8 Å². The maximum absolute atomic E-state index is 11.7. The molecule has 0 spiro atoms. The molecule has 0 saturated heterocycles. The third-order valence-corrected chi connectivity index (χ3v) is 4.45. The Morgan fingerprint density at radius 3 is 2.56 bits per heavy atom. The highest BCUT2D eigenvalue weighted by atomic mass is 79.9. The number of hydrogen-bond acceptors (Lipinski definition) is 3. The van der Waals surface area contributed by atoms with Crippen LogP contribution in [0.5, 0.6) is 5.75 Å². The number of rotatable bonds is 6. The molecule has 0 bridgehead atoms. The molecule has 0 amide bonds. The predicted molar refractivity (Wildman–Crippen MR) is 107 cm³/mol. The van der Waals surface area contributed by atoms with Crippen molar-refractivity contribution < 1.29 is 14.6 Å². The Kier molecular flexibility index (Phi) is 5.57. The summed E-state index contributed by atoms with van der Waals surface area (Å²) < 4.78 is 8.28. The molecule has 0 aliphatic rings. The van der Waals surface area contributed by atoms with Gasteiger partial charge < -0.3 is 14.4 Å². The van der Waals surface area contributed by atoms with Crippen LogP contribution in [0.2, 0.25) is 0 Å². The molecule has 1 aromatic heterocycles. The second-order valence-electron chi connectivity index (χ2n) is 5.80. The first kappa shape index (κ1) is 18.7. The molecule has 0 aliphatic carbocycles. The molecule has 1 N–H and O–H groups in total. The van der Waals surface area contributed by atoms with Crippen LogP contribution in [-0.4, -0.2) is 15.6 Å². The Morgan fingerprint density at radius 1 is 1.11 bits per heavy atom. The van der Waals surface area contributed by atoms with Crippen molar-refractivity contribution in [1.82, 2.24) is 4.57 Å². The van der Waals surface area contributed by atoms with Gasteiger partial charge in [-0.1, -0.05) is 52.8 Å². The Hall–Kier alpha value is -3.12. The number of aromatic carboxylic acids is 1. The van der Waals surface area contributed by atoms with E-state index in [-0.39, 0.29) is 5.56 Å². The molecule has 0 atom stereocenters. The van der Waals surface area contributed by atoms with Crippen molar-refractivity contribution in [2.75, 3.05) is 0 Å². The summed E-state index contributed by atoms with van der Waals surface area (Å²) in [6, 6.07) is 16.5. The number of aromatic nitrogens is 1. The van der Waals surface area contributed by atoms with Gasteiger partial charge in [0, 0.05) is 34.2 Å². The Balaban J connectivity index is 1.94. The second-order valence-corrected chi connectivity index (χ2v) is 6.71. The van der Waals surface area contributed by atoms with E-state index in [1.54, 1.807) is 0 Å². The van der Waals surface area contributed by atoms with Crippen molar-refractivity contribution in [3.05, 3.63) is 105 Å². The van der Waals surface area contributed by atoms with Gasteiger partial charge in [0.15, 0.2) is 5.43 Å². The zero-order chi connectivity index (χ0) is 19.4. The van der Waals surface area contributed by atoms with Crippen LogP contribution >= 0.6 is 15.9 Å². The van der Waals surface area contributed by atoms with E-state index in [0.717, 1.165) is 10.0 Å². The summed E-state index contributed by atoms with van der Waals surface area (Å²) in [6.07, 6.45) is 2.74. The molecule has 0 saturated carbocycles. The van der Waals surface area contributed by atoms with Crippen LogP contribution in [-0.2, 0) is 6.61 Å². The van der Waals surface area contributed by atoms with Gasteiger partial charge in [0.25, 0.3) is 0 Å². The second kappa shape index (κ2) is 8.05. The number of carboxylic acid groups (broad SMARTS) is 1. The first-order valence-corrected chi connectivity index (χ1v) is 8.86. The zero-order valence-electron chi connectivity index (χ0n) is 14.3. The van der Waals surface area contributed by atoms with E-state index >= 15 is 0 Å². The summed E-state index contributed by atoms with van der Waals surface area (Å²) in [4.78, 5) is 22.9. The minimum Gasteiger partial charge on any atom is -0.488 e. The van der Waals surface area contributed by atoms with Gasteiger partial charge in [-0.25, -0.2) is 4.79 Å². The van der Waals surface area contributed by atoms with Gasteiger partial charge >= 0.3 is 5.97 Å². The third-order valence-electron chi connectivity index (χ3n) is 3.95. The van der Waals surface area contributed by atoms with Crippen LogP contribution in [0.1, 0.15) is 21.5 Å². The Bertz CT molecular complexity index is 1060. The number of hydrogen-bond donors (Lipinski definition) is 1.